The van der Waals surface area contributed by atoms with E-state index in [0.717, 1.165) is 27.2 Å². The Bertz CT molecular complexity index is 578. The maximum absolute atomic E-state index is 5.59. The highest BCUT2D eigenvalue weighted by Crippen LogP contribution is 2.38. The van der Waals surface area contributed by atoms with Gasteiger partial charge in [-0.3, -0.25) is 0 Å². The predicted molar refractivity (Wildman–Crippen MR) is 74.5 cm³/mol. The summed E-state index contributed by atoms with van der Waals surface area (Å²) < 4.78 is 12.1. The molecule has 19 heavy (non-hydrogen) atoms. The highest BCUT2D eigenvalue weighted by Gasteiger charge is 2.16. The van der Waals surface area contributed by atoms with Crippen molar-refractivity contribution in [2.24, 2.45) is 0 Å². The third kappa shape index (κ3) is 2.78. The molecule has 5 nitrogen and oxygen atoms in total. The van der Waals surface area contributed by atoms with Crippen LogP contribution >= 0.6 is 15.9 Å². The fourth-order valence-electron chi connectivity index (χ4n) is 1.86. The molecule has 0 saturated heterocycles. The largest absolute Gasteiger partial charge is 0.486 e. The van der Waals surface area contributed by atoms with Crippen LogP contribution in [0.4, 0.5) is 5.69 Å². The van der Waals surface area contributed by atoms with Gasteiger partial charge in [-0.1, -0.05) is 0 Å². The van der Waals surface area contributed by atoms with Crippen LogP contribution in [0.5, 0.6) is 11.5 Å². The number of anilines is 1. The Kier molecular flexibility index (Phi) is 3.50. The Morgan fingerprint density at radius 3 is 2.79 bits per heavy atom. The predicted octanol–water partition coefficient (Wildman–Crippen LogP) is 2.62. The van der Waals surface area contributed by atoms with Gasteiger partial charge >= 0.3 is 0 Å². The number of fused-ring (bicyclic) bond motifs is 1. The molecule has 2 aromatic rings. The SMILES string of the molecule is Brc1cc(CNc2cncnc2)cc2c1OCCO2. The molecule has 0 aliphatic carbocycles. The zero-order valence-electron chi connectivity index (χ0n) is 10.1. The summed E-state index contributed by atoms with van der Waals surface area (Å²) >= 11 is 3.50. The summed E-state index contributed by atoms with van der Waals surface area (Å²) in [6, 6.07) is 4.00. The van der Waals surface area contributed by atoms with Crippen molar-refractivity contribution in [3.63, 3.8) is 0 Å². The van der Waals surface area contributed by atoms with Crippen molar-refractivity contribution in [2.45, 2.75) is 6.54 Å². The lowest BCUT2D eigenvalue weighted by Gasteiger charge is -2.20. The molecule has 0 spiro atoms. The topological polar surface area (TPSA) is 56.3 Å². The quantitative estimate of drug-likeness (QED) is 0.941. The molecule has 1 aromatic carbocycles. The van der Waals surface area contributed by atoms with Gasteiger partial charge < -0.3 is 14.8 Å². The van der Waals surface area contributed by atoms with E-state index in [1.54, 1.807) is 12.4 Å². The van der Waals surface area contributed by atoms with Crippen LogP contribution in [-0.2, 0) is 6.54 Å². The summed E-state index contributed by atoms with van der Waals surface area (Å²) in [6.07, 6.45) is 4.98. The van der Waals surface area contributed by atoms with Crippen LogP contribution in [0.15, 0.2) is 35.3 Å². The molecular formula is C13H12BrN3O2. The Labute approximate surface area is 119 Å². The second kappa shape index (κ2) is 5.44. The van der Waals surface area contributed by atoms with Crippen LogP contribution in [0, 0.1) is 0 Å². The molecule has 0 radical (unpaired) electrons. The Balaban J connectivity index is 1.76. The van der Waals surface area contributed by atoms with Crippen LogP contribution in [0.3, 0.4) is 0 Å². The molecule has 0 saturated carbocycles. The van der Waals surface area contributed by atoms with E-state index in [4.69, 9.17) is 9.47 Å². The third-order valence-corrected chi connectivity index (χ3v) is 3.30. The van der Waals surface area contributed by atoms with Gasteiger partial charge in [0.2, 0.25) is 0 Å². The van der Waals surface area contributed by atoms with Crippen molar-refractivity contribution >= 4 is 21.6 Å². The highest BCUT2D eigenvalue weighted by molar-refractivity contribution is 9.10. The van der Waals surface area contributed by atoms with E-state index >= 15 is 0 Å². The number of nitrogens with zero attached hydrogens (tertiary/aromatic N) is 2. The van der Waals surface area contributed by atoms with E-state index in [1.807, 2.05) is 12.1 Å². The fourth-order valence-corrected chi connectivity index (χ4v) is 2.46. The first-order valence-electron chi connectivity index (χ1n) is 5.90. The maximum atomic E-state index is 5.59. The van der Waals surface area contributed by atoms with Crippen molar-refractivity contribution in [1.82, 2.24) is 9.97 Å². The molecule has 98 valence electrons. The molecule has 0 atom stereocenters. The van der Waals surface area contributed by atoms with Crippen molar-refractivity contribution in [3.8, 4) is 11.5 Å². The van der Waals surface area contributed by atoms with Crippen molar-refractivity contribution in [2.75, 3.05) is 18.5 Å². The number of halogens is 1. The minimum Gasteiger partial charge on any atom is -0.486 e. The monoisotopic (exact) mass is 321 g/mol. The van der Waals surface area contributed by atoms with Crippen LogP contribution < -0.4 is 14.8 Å². The van der Waals surface area contributed by atoms with E-state index in [0.29, 0.717) is 19.8 Å². The Morgan fingerprint density at radius 1 is 1.16 bits per heavy atom. The molecule has 1 N–H and O–H groups in total. The van der Waals surface area contributed by atoms with Gasteiger partial charge in [0.25, 0.3) is 0 Å². The average Bonchev–Trinajstić information content (AvgIpc) is 2.46. The first kappa shape index (κ1) is 12.2. The molecule has 0 bridgehead atoms. The number of ether oxygens (including phenoxy) is 2. The third-order valence-electron chi connectivity index (χ3n) is 2.71. The van der Waals surface area contributed by atoms with Gasteiger partial charge in [-0.05, 0) is 33.6 Å². The van der Waals surface area contributed by atoms with Crippen LogP contribution in [-0.4, -0.2) is 23.2 Å². The van der Waals surface area contributed by atoms with Crippen LogP contribution in [0.2, 0.25) is 0 Å². The average molecular weight is 322 g/mol. The number of benzene rings is 1. The lowest BCUT2D eigenvalue weighted by molar-refractivity contribution is 0.170. The Hall–Kier alpha value is -1.82. The molecular weight excluding hydrogens is 310 g/mol. The maximum Gasteiger partial charge on any atom is 0.175 e. The van der Waals surface area contributed by atoms with Gasteiger partial charge in [0.1, 0.15) is 19.5 Å². The summed E-state index contributed by atoms with van der Waals surface area (Å²) in [5.74, 6) is 1.56. The zero-order chi connectivity index (χ0) is 13.1. The van der Waals surface area contributed by atoms with Gasteiger partial charge in [-0.15, -0.1) is 0 Å². The molecule has 3 rings (SSSR count). The fraction of sp³-hybridized carbons (Fsp3) is 0.231. The number of hydrogen-bond donors (Lipinski definition) is 1. The minimum absolute atomic E-state index is 0.586. The summed E-state index contributed by atoms with van der Waals surface area (Å²) in [5.41, 5.74) is 1.98. The molecule has 1 aliphatic rings. The standard InChI is InChI=1S/C13H12BrN3O2/c14-11-3-9(4-12-13(11)19-2-1-18-12)5-17-10-6-15-8-16-7-10/h3-4,6-8,17H,1-2,5H2. The lowest BCUT2D eigenvalue weighted by Crippen LogP contribution is -2.16. The van der Waals surface area contributed by atoms with Gasteiger partial charge in [0.05, 0.1) is 22.6 Å². The summed E-state index contributed by atoms with van der Waals surface area (Å²) in [6.45, 7) is 1.84. The van der Waals surface area contributed by atoms with E-state index in [9.17, 15) is 0 Å². The second-order valence-electron chi connectivity index (χ2n) is 4.08. The van der Waals surface area contributed by atoms with E-state index in [2.05, 4.69) is 31.2 Å². The van der Waals surface area contributed by atoms with Gasteiger partial charge in [-0.25, -0.2) is 9.97 Å². The number of aromatic nitrogens is 2. The molecule has 0 amide bonds. The van der Waals surface area contributed by atoms with Crippen LogP contribution in [0.1, 0.15) is 5.56 Å². The second-order valence-corrected chi connectivity index (χ2v) is 4.94. The number of nitrogens with one attached hydrogen (secondary N) is 1. The molecule has 1 aromatic heterocycles. The van der Waals surface area contributed by atoms with Gasteiger partial charge in [0.15, 0.2) is 11.5 Å². The smallest absolute Gasteiger partial charge is 0.175 e. The summed E-state index contributed by atoms with van der Waals surface area (Å²) in [7, 11) is 0. The molecule has 6 heteroatoms. The van der Waals surface area contributed by atoms with E-state index < -0.39 is 0 Å². The minimum atomic E-state index is 0.586. The highest BCUT2D eigenvalue weighted by atomic mass is 79.9. The normalized spacial score (nSPS) is 13.1. The van der Waals surface area contributed by atoms with Gasteiger partial charge in [0, 0.05) is 6.54 Å². The lowest BCUT2D eigenvalue weighted by atomic mass is 10.2. The van der Waals surface area contributed by atoms with Crippen molar-refractivity contribution in [1.29, 1.82) is 0 Å². The van der Waals surface area contributed by atoms with Gasteiger partial charge in [-0.2, -0.15) is 0 Å². The molecule has 2 heterocycles. The van der Waals surface area contributed by atoms with Crippen LogP contribution in [0.25, 0.3) is 0 Å². The molecule has 1 aliphatic heterocycles. The number of hydrogen-bond acceptors (Lipinski definition) is 5. The van der Waals surface area contributed by atoms with E-state index in [-0.39, 0.29) is 0 Å². The first-order valence-corrected chi connectivity index (χ1v) is 6.69. The summed E-state index contributed by atoms with van der Waals surface area (Å²) in [4.78, 5) is 7.91. The first-order chi connectivity index (χ1) is 9.33. The summed E-state index contributed by atoms with van der Waals surface area (Å²) in [5, 5.41) is 3.25. The zero-order valence-corrected chi connectivity index (χ0v) is 11.7. The van der Waals surface area contributed by atoms with Crippen molar-refractivity contribution < 1.29 is 9.47 Å². The number of rotatable bonds is 3. The van der Waals surface area contributed by atoms with E-state index in [1.165, 1.54) is 6.33 Å². The molecule has 0 fully saturated rings. The van der Waals surface area contributed by atoms with Crippen molar-refractivity contribution in [3.05, 3.63) is 40.9 Å². The molecule has 0 unspecified atom stereocenters. The Morgan fingerprint density at radius 2 is 1.95 bits per heavy atom.